The lowest BCUT2D eigenvalue weighted by Gasteiger charge is -2.07. The zero-order valence-corrected chi connectivity index (χ0v) is 15.7. The van der Waals surface area contributed by atoms with E-state index < -0.39 is 0 Å². The topological polar surface area (TPSA) is 81.9 Å². The normalized spacial score (nSPS) is 10.6. The molecule has 1 heterocycles. The Morgan fingerprint density at radius 2 is 2.04 bits per heavy atom. The van der Waals surface area contributed by atoms with Gasteiger partial charge in [0.25, 0.3) is 0 Å². The Balaban J connectivity index is 1.63. The number of carbonyl (C=O) groups is 1. The fraction of sp³-hybridized carbons (Fsp3) is 0.176. The predicted octanol–water partition coefficient (Wildman–Crippen LogP) is 3.36. The van der Waals surface area contributed by atoms with Crippen molar-refractivity contribution in [1.29, 1.82) is 0 Å². The Kier molecular flexibility index (Phi) is 5.75. The highest BCUT2D eigenvalue weighted by Gasteiger charge is 2.12. The number of ether oxygens (including phenoxy) is 1. The molecular weight excluding hydrogens is 374 g/mol. The van der Waals surface area contributed by atoms with Gasteiger partial charge in [-0.1, -0.05) is 29.4 Å². The van der Waals surface area contributed by atoms with Crippen LogP contribution in [-0.2, 0) is 4.79 Å². The number of hydrogen-bond donors (Lipinski definition) is 1. The molecule has 1 N–H and O–H groups in total. The van der Waals surface area contributed by atoms with E-state index in [9.17, 15) is 4.79 Å². The Hall–Kier alpha value is -2.58. The average molecular weight is 390 g/mol. The van der Waals surface area contributed by atoms with Crippen molar-refractivity contribution >= 4 is 35.0 Å². The molecule has 0 unspecified atom stereocenters. The first-order valence-corrected chi connectivity index (χ1v) is 9.05. The van der Waals surface area contributed by atoms with Crippen LogP contribution in [0.3, 0.4) is 0 Å². The van der Waals surface area contributed by atoms with Crippen LogP contribution in [-0.4, -0.2) is 39.0 Å². The summed E-state index contributed by atoms with van der Waals surface area (Å²) >= 11 is 7.40. The Labute approximate surface area is 159 Å². The molecule has 134 valence electrons. The second-order valence-electron chi connectivity index (χ2n) is 5.37. The zero-order valence-electron chi connectivity index (χ0n) is 14.1. The minimum Gasteiger partial charge on any atom is -0.497 e. The van der Waals surface area contributed by atoms with E-state index >= 15 is 0 Å². The highest BCUT2D eigenvalue weighted by Crippen LogP contribution is 2.23. The summed E-state index contributed by atoms with van der Waals surface area (Å²) in [5.74, 6) is 0.747. The van der Waals surface area contributed by atoms with E-state index in [1.807, 2.05) is 19.1 Å². The molecule has 2 aromatic carbocycles. The number of tetrazole rings is 1. The van der Waals surface area contributed by atoms with Crippen LogP contribution in [0.1, 0.15) is 5.56 Å². The van der Waals surface area contributed by atoms with Crippen molar-refractivity contribution in [3.8, 4) is 11.4 Å². The van der Waals surface area contributed by atoms with Crippen LogP contribution in [0.25, 0.3) is 5.69 Å². The quantitative estimate of drug-likeness (QED) is 0.651. The summed E-state index contributed by atoms with van der Waals surface area (Å²) in [6.07, 6.45) is 0. The predicted molar refractivity (Wildman–Crippen MR) is 101 cm³/mol. The van der Waals surface area contributed by atoms with Crippen LogP contribution in [0.15, 0.2) is 47.6 Å². The van der Waals surface area contributed by atoms with Gasteiger partial charge in [-0.05, 0) is 59.3 Å². The van der Waals surface area contributed by atoms with E-state index in [0.717, 1.165) is 17.0 Å². The summed E-state index contributed by atoms with van der Waals surface area (Å²) in [6, 6.07) is 12.7. The van der Waals surface area contributed by atoms with Crippen LogP contribution in [0.5, 0.6) is 5.75 Å². The third-order valence-corrected chi connectivity index (χ3v) is 4.87. The number of anilines is 1. The SMILES string of the molecule is COc1ccc(NC(=O)CSc2nnnn2-c2ccc(C)c(Cl)c2)cc1. The van der Waals surface area contributed by atoms with Crippen molar-refractivity contribution in [1.82, 2.24) is 20.2 Å². The number of amides is 1. The fourth-order valence-corrected chi connectivity index (χ4v) is 3.01. The van der Waals surface area contributed by atoms with Crippen LogP contribution in [0, 0.1) is 6.92 Å². The van der Waals surface area contributed by atoms with Crippen molar-refractivity contribution in [3.63, 3.8) is 0 Å². The summed E-state index contributed by atoms with van der Waals surface area (Å²) in [6.45, 7) is 1.92. The molecule has 3 aromatic rings. The molecule has 0 spiro atoms. The number of aryl methyl sites for hydroxylation is 1. The third kappa shape index (κ3) is 4.33. The molecule has 0 aliphatic carbocycles. The summed E-state index contributed by atoms with van der Waals surface area (Å²) in [4.78, 5) is 12.1. The van der Waals surface area contributed by atoms with Gasteiger partial charge in [-0.2, -0.15) is 4.68 Å². The van der Waals surface area contributed by atoms with Crippen LogP contribution in [0.4, 0.5) is 5.69 Å². The summed E-state index contributed by atoms with van der Waals surface area (Å²) in [5, 5.41) is 15.6. The first-order chi connectivity index (χ1) is 12.6. The molecule has 0 atom stereocenters. The van der Waals surface area contributed by atoms with E-state index in [2.05, 4.69) is 20.8 Å². The number of rotatable bonds is 6. The molecule has 0 aliphatic heterocycles. The van der Waals surface area contributed by atoms with Gasteiger partial charge in [0, 0.05) is 10.7 Å². The van der Waals surface area contributed by atoms with Crippen molar-refractivity contribution in [2.45, 2.75) is 12.1 Å². The lowest BCUT2D eigenvalue weighted by Crippen LogP contribution is -2.14. The van der Waals surface area contributed by atoms with Crippen molar-refractivity contribution in [3.05, 3.63) is 53.1 Å². The Morgan fingerprint density at radius 3 is 2.73 bits per heavy atom. The van der Waals surface area contributed by atoms with Crippen molar-refractivity contribution in [2.24, 2.45) is 0 Å². The van der Waals surface area contributed by atoms with E-state index in [1.54, 1.807) is 42.1 Å². The number of hydrogen-bond acceptors (Lipinski definition) is 6. The van der Waals surface area contributed by atoms with Gasteiger partial charge in [0.1, 0.15) is 5.75 Å². The van der Waals surface area contributed by atoms with Crippen LogP contribution in [0.2, 0.25) is 5.02 Å². The van der Waals surface area contributed by atoms with Crippen LogP contribution < -0.4 is 10.1 Å². The smallest absolute Gasteiger partial charge is 0.234 e. The minimum absolute atomic E-state index is 0.156. The summed E-state index contributed by atoms with van der Waals surface area (Å²) in [5.41, 5.74) is 2.40. The molecule has 0 aliphatic rings. The molecule has 7 nitrogen and oxygen atoms in total. The number of methoxy groups -OCH3 is 1. The highest BCUT2D eigenvalue weighted by atomic mass is 35.5. The van der Waals surface area contributed by atoms with Gasteiger partial charge in [-0.3, -0.25) is 4.79 Å². The summed E-state index contributed by atoms with van der Waals surface area (Å²) < 4.78 is 6.64. The second kappa shape index (κ2) is 8.20. The first-order valence-electron chi connectivity index (χ1n) is 7.68. The maximum atomic E-state index is 12.1. The fourth-order valence-electron chi connectivity index (χ4n) is 2.15. The highest BCUT2D eigenvalue weighted by molar-refractivity contribution is 7.99. The maximum Gasteiger partial charge on any atom is 0.234 e. The molecule has 0 saturated carbocycles. The van der Waals surface area contributed by atoms with Gasteiger partial charge in [-0.15, -0.1) is 5.10 Å². The molecule has 0 radical (unpaired) electrons. The van der Waals surface area contributed by atoms with E-state index in [-0.39, 0.29) is 11.7 Å². The number of aromatic nitrogens is 4. The standard InChI is InChI=1S/C17H16ClN5O2S/c1-11-3-6-13(9-15(11)18)23-17(20-21-22-23)26-10-16(24)19-12-4-7-14(25-2)8-5-12/h3-9H,10H2,1-2H3,(H,19,24). The largest absolute Gasteiger partial charge is 0.497 e. The van der Waals surface area contributed by atoms with Gasteiger partial charge in [-0.25, -0.2) is 0 Å². The lowest BCUT2D eigenvalue weighted by atomic mass is 10.2. The minimum atomic E-state index is -0.156. The molecule has 1 amide bonds. The molecule has 0 fully saturated rings. The molecular formula is C17H16ClN5O2S. The van der Waals surface area contributed by atoms with E-state index in [4.69, 9.17) is 16.3 Å². The number of carbonyl (C=O) groups excluding carboxylic acids is 1. The molecule has 9 heteroatoms. The third-order valence-electron chi connectivity index (χ3n) is 3.55. The van der Waals surface area contributed by atoms with Crippen molar-refractivity contribution < 1.29 is 9.53 Å². The van der Waals surface area contributed by atoms with E-state index in [0.29, 0.717) is 15.9 Å². The number of thioether (sulfide) groups is 1. The number of nitrogens with zero attached hydrogens (tertiary/aromatic N) is 4. The molecule has 26 heavy (non-hydrogen) atoms. The van der Waals surface area contributed by atoms with Gasteiger partial charge >= 0.3 is 0 Å². The zero-order chi connectivity index (χ0) is 18.5. The summed E-state index contributed by atoms with van der Waals surface area (Å²) in [7, 11) is 1.59. The maximum absolute atomic E-state index is 12.1. The van der Waals surface area contributed by atoms with Crippen molar-refractivity contribution in [2.75, 3.05) is 18.2 Å². The lowest BCUT2D eigenvalue weighted by molar-refractivity contribution is -0.113. The number of nitrogens with one attached hydrogen (secondary N) is 1. The number of halogens is 1. The Bertz CT molecular complexity index is 914. The van der Waals surface area contributed by atoms with E-state index in [1.165, 1.54) is 11.8 Å². The first kappa shape index (κ1) is 18.2. The van der Waals surface area contributed by atoms with Crippen LogP contribution >= 0.6 is 23.4 Å². The van der Waals surface area contributed by atoms with Gasteiger partial charge < -0.3 is 10.1 Å². The second-order valence-corrected chi connectivity index (χ2v) is 6.72. The van der Waals surface area contributed by atoms with Gasteiger partial charge in [0.05, 0.1) is 18.6 Å². The monoisotopic (exact) mass is 389 g/mol. The van der Waals surface area contributed by atoms with Gasteiger partial charge in [0.2, 0.25) is 11.1 Å². The molecule has 0 bridgehead atoms. The molecule has 1 aromatic heterocycles. The number of benzene rings is 2. The van der Waals surface area contributed by atoms with Gasteiger partial charge in [0.15, 0.2) is 0 Å². The molecule has 0 saturated heterocycles. The average Bonchev–Trinajstić information content (AvgIpc) is 3.11. The Morgan fingerprint density at radius 1 is 1.27 bits per heavy atom. The molecule has 3 rings (SSSR count).